The zero-order valence-corrected chi connectivity index (χ0v) is 43.9. The fraction of sp³-hybridized carbons (Fsp3) is 0.833. The van der Waals surface area contributed by atoms with Gasteiger partial charge < -0.3 is 46.5 Å². The maximum Gasteiger partial charge on any atom is 0.190 e. The van der Waals surface area contributed by atoms with Gasteiger partial charge in [0.25, 0.3) is 0 Å². The second-order valence-electron chi connectivity index (χ2n) is 24.9. The lowest BCUT2D eigenvalue weighted by atomic mass is 9.41. The van der Waals surface area contributed by atoms with Gasteiger partial charge in [0.1, 0.15) is 6.23 Å². The van der Waals surface area contributed by atoms with Gasteiger partial charge in [0.2, 0.25) is 0 Å². The topological polar surface area (TPSA) is 198 Å². The van der Waals surface area contributed by atoms with Gasteiger partial charge >= 0.3 is 0 Å². The second-order valence-corrected chi connectivity index (χ2v) is 27.6. The Morgan fingerprint density at radius 3 is 2.38 bits per heavy atom. The highest BCUT2D eigenvalue weighted by molar-refractivity contribution is 8.77. The zero-order valence-electron chi connectivity index (χ0n) is 42.3. The molecule has 12 nitrogen and oxygen atoms in total. The van der Waals surface area contributed by atoms with E-state index in [9.17, 15) is 25.5 Å². The van der Waals surface area contributed by atoms with Gasteiger partial charge in [-0.25, -0.2) is 4.98 Å². The minimum atomic E-state index is -1.41. The molecule has 0 amide bonds. The lowest BCUT2D eigenvalue weighted by Gasteiger charge is -2.65. The third-order valence-electron chi connectivity index (χ3n) is 20.4. The number of hydrogen-bond acceptors (Lipinski definition) is 11. The van der Waals surface area contributed by atoms with E-state index >= 15 is 4.79 Å². The molecule has 1 aromatic rings. The number of aliphatic hydroxyl groups excluding tert-OH is 4. The van der Waals surface area contributed by atoms with Crippen LogP contribution in [0, 0.1) is 63.1 Å². The van der Waals surface area contributed by atoms with Gasteiger partial charge in [-0.15, -0.1) is 0 Å². The van der Waals surface area contributed by atoms with Crippen molar-refractivity contribution in [2.75, 3.05) is 25.9 Å². The van der Waals surface area contributed by atoms with Crippen molar-refractivity contribution in [2.45, 2.75) is 192 Å². The molecule has 68 heavy (non-hydrogen) atoms. The molecule has 7 aliphatic carbocycles. The van der Waals surface area contributed by atoms with Crippen LogP contribution in [0.4, 0.5) is 0 Å². The molecule has 9 N–H and O–H groups in total. The highest BCUT2D eigenvalue weighted by Gasteiger charge is 2.75. The Balaban J connectivity index is 1.21. The van der Waals surface area contributed by atoms with Gasteiger partial charge in [-0.3, -0.25) is 9.79 Å². The van der Waals surface area contributed by atoms with Crippen LogP contribution in [-0.4, -0.2) is 108 Å². The maximum atomic E-state index is 15.2. The van der Waals surface area contributed by atoms with E-state index in [0.717, 1.165) is 62.7 Å². The summed E-state index contributed by atoms with van der Waals surface area (Å²) in [5, 5.41) is 67.6. The van der Waals surface area contributed by atoms with Crippen LogP contribution in [0.25, 0.3) is 0 Å². The first-order chi connectivity index (χ1) is 32.2. The van der Waals surface area contributed by atoms with Crippen LogP contribution in [0.3, 0.4) is 0 Å². The summed E-state index contributed by atoms with van der Waals surface area (Å²) >= 11 is 0. The summed E-state index contributed by atoms with van der Waals surface area (Å²) in [6.07, 6.45) is 21.2. The van der Waals surface area contributed by atoms with E-state index in [-0.39, 0.29) is 70.5 Å². The quantitative estimate of drug-likeness (QED) is 0.0455. The molecule has 14 heteroatoms. The first-order valence-corrected chi connectivity index (χ1v) is 29.0. The summed E-state index contributed by atoms with van der Waals surface area (Å²) in [6, 6.07) is 0.176. The minimum Gasteiger partial charge on any atom is -0.393 e. The highest BCUT2D eigenvalue weighted by atomic mass is 33.1. The van der Waals surface area contributed by atoms with Crippen LogP contribution in [0.1, 0.15) is 157 Å². The molecule has 15 atom stereocenters. The fourth-order valence-electron chi connectivity index (χ4n) is 17.5. The monoisotopic (exact) mass is 979 g/mol. The molecule has 1 saturated heterocycles. The van der Waals surface area contributed by atoms with Crippen LogP contribution in [0.2, 0.25) is 0 Å². The molecular formula is C54H86N6O6S2. The van der Waals surface area contributed by atoms with Crippen LogP contribution in [0.15, 0.2) is 46.5 Å². The maximum absolute atomic E-state index is 15.2. The lowest BCUT2D eigenvalue weighted by molar-refractivity contribution is -0.184. The standard InChI is InChI=1S/C54H86N6O6S2/c1-32-38-23-44(54(66)40-22-42(63)46-37(29-56-7)47(65)43(64)27-50(46,5)45(40)35(24-51(38,54)6)28-58-48(55)59-33(2)61)53(17-10-11-18-53)68-67-30-36(60-20-19-57-31-60)26-49(3,4)39(21-41(32)62)34-13-12-16-52(25-34)14-8-9-15-52/h19-20,22,31-33,35-38,41,43-47,56,61-62,64-66H,8-18,21,23-30H2,1-7H3,(H3,55,58,59)/b39-34+/t32-,33+,35+,36+,37-,38+,41+,43-,44+,45-,46-,47+,50+,51+,54-/m0/s1. The van der Waals surface area contributed by atoms with Gasteiger partial charge in [-0.1, -0.05) is 93.0 Å². The molecule has 1 aromatic heterocycles. The van der Waals surface area contributed by atoms with E-state index in [1.165, 1.54) is 44.1 Å². The molecule has 0 unspecified atom stereocenters. The predicted molar refractivity (Wildman–Crippen MR) is 273 cm³/mol. The van der Waals surface area contributed by atoms with Crippen LogP contribution >= 0.6 is 21.6 Å². The number of carbonyl (C=O) groups excluding carboxylic acids is 1. The number of aliphatic imine (C=N–C) groups is 1. The summed E-state index contributed by atoms with van der Waals surface area (Å²) in [6.45, 7) is 13.8. The largest absolute Gasteiger partial charge is 0.393 e. The van der Waals surface area contributed by atoms with Crippen molar-refractivity contribution in [2.24, 2.45) is 73.8 Å². The Morgan fingerprint density at radius 1 is 1.00 bits per heavy atom. The molecule has 2 spiro atoms. The number of guanidine groups is 1. The molecule has 380 valence electrons. The normalized spacial score (nSPS) is 44.2. The van der Waals surface area contributed by atoms with E-state index in [1.807, 2.05) is 47.2 Å². The molecule has 8 aliphatic rings. The first-order valence-electron chi connectivity index (χ1n) is 26.6. The number of nitrogens with zero attached hydrogens (tertiary/aromatic N) is 3. The van der Waals surface area contributed by atoms with Gasteiger partial charge in [0.05, 0.1) is 30.2 Å². The Morgan fingerprint density at radius 2 is 1.71 bits per heavy atom. The van der Waals surface area contributed by atoms with Crippen LogP contribution in [-0.2, 0) is 4.79 Å². The first kappa shape index (κ1) is 51.0. The van der Waals surface area contributed by atoms with Gasteiger partial charge in [-0.05, 0) is 149 Å². The van der Waals surface area contributed by atoms with Crippen molar-refractivity contribution in [3.05, 3.63) is 41.5 Å². The summed E-state index contributed by atoms with van der Waals surface area (Å²) in [5.41, 5.74) is 7.44. The smallest absolute Gasteiger partial charge is 0.190 e. The average Bonchev–Trinajstić information content (AvgIpc) is 4.11. The summed E-state index contributed by atoms with van der Waals surface area (Å²) in [4.78, 5) is 24.7. The van der Waals surface area contributed by atoms with E-state index < -0.39 is 52.8 Å². The van der Waals surface area contributed by atoms with E-state index in [4.69, 9.17) is 10.7 Å². The molecule has 0 aromatic carbocycles. The number of aromatic nitrogens is 2. The van der Waals surface area contributed by atoms with Gasteiger partial charge in [0.15, 0.2) is 11.7 Å². The number of fused-ring (bicyclic) bond motifs is 10. The molecule has 6 saturated carbocycles. The highest BCUT2D eigenvalue weighted by Crippen LogP contribution is 2.75. The number of imidazole rings is 1. The molecular weight excluding hydrogens is 893 g/mol. The third kappa shape index (κ3) is 8.61. The van der Waals surface area contributed by atoms with E-state index in [1.54, 1.807) is 12.5 Å². The molecule has 0 radical (unpaired) electrons. The van der Waals surface area contributed by atoms with Gasteiger partial charge in [-0.2, -0.15) is 0 Å². The molecule has 2 heterocycles. The number of aliphatic hydroxyl groups is 5. The third-order valence-corrected chi connectivity index (χ3v) is 23.9. The Bertz CT molecular complexity index is 2080. The Kier molecular flexibility index (Phi) is 14.4. The number of rotatable bonds is 6. The number of hydrogen-bond donors (Lipinski definition) is 8. The van der Waals surface area contributed by atoms with Crippen LogP contribution in [0.5, 0.6) is 0 Å². The SMILES string of the molecule is CNC[C@@H]1[C@@H](O)[C@@H](O)C[C@]2(C)[C@@H]3C(=CC(=O)[C@H]12)[C@]1(O)[C@@H]2C[C@H]([C@H](C)[C@H](O)C/C(=C4/CCCC5(CCCC5)C4)C(C)(C)C[C@@H](n4ccnc4)CSSC24CCCC4)[C@@]1(C)C[C@@H]3CN=C(N)N[C@@H](C)O. The molecule has 1 aliphatic heterocycles. The van der Waals surface area contributed by atoms with Crippen molar-refractivity contribution >= 4 is 33.3 Å². The van der Waals surface area contributed by atoms with Crippen molar-refractivity contribution in [1.29, 1.82) is 0 Å². The molecule has 9 rings (SSSR count). The number of allylic oxidation sites excluding steroid dienone is 2. The predicted octanol–water partition coefficient (Wildman–Crippen LogP) is 7.71. The minimum absolute atomic E-state index is 0.0852. The Hall–Kier alpha value is -1.91. The second kappa shape index (κ2) is 19.2. The van der Waals surface area contributed by atoms with Crippen molar-refractivity contribution in [3.8, 4) is 0 Å². The number of carbonyl (C=O) groups is 1. The Labute approximate surface area is 414 Å². The lowest BCUT2D eigenvalue weighted by Crippen LogP contribution is -2.68. The van der Waals surface area contributed by atoms with E-state index in [0.29, 0.717) is 24.8 Å². The fourth-order valence-corrected chi connectivity index (χ4v) is 21.4. The zero-order chi connectivity index (χ0) is 48.6. The number of nitrogens with two attached hydrogens (primary N) is 1. The van der Waals surface area contributed by atoms with E-state index in [2.05, 4.69) is 61.0 Å². The van der Waals surface area contributed by atoms with Crippen molar-refractivity contribution in [1.82, 2.24) is 20.2 Å². The molecule has 2 bridgehead atoms. The van der Waals surface area contributed by atoms with Crippen molar-refractivity contribution in [3.63, 3.8) is 0 Å². The number of nitrogens with one attached hydrogen (secondary N) is 2. The van der Waals surface area contributed by atoms with Crippen molar-refractivity contribution < 1.29 is 30.3 Å². The molecule has 7 fully saturated rings. The summed E-state index contributed by atoms with van der Waals surface area (Å²) in [7, 11) is 5.77. The van der Waals surface area contributed by atoms with Gasteiger partial charge in [0, 0.05) is 65.2 Å². The summed E-state index contributed by atoms with van der Waals surface area (Å²) in [5.74, 6) is -1.22. The van der Waals surface area contributed by atoms with Crippen LogP contribution < -0.4 is 16.4 Å². The summed E-state index contributed by atoms with van der Waals surface area (Å²) < 4.78 is 2.02. The average molecular weight is 979 g/mol. The number of ketones is 1.